The molecule has 1 saturated heterocycles. The molecule has 0 aromatic heterocycles. The van der Waals surface area contributed by atoms with Gasteiger partial charge in [-0.15, -0.1) is 0 Å². The number of piperidine rings is 1. The maximum Gasteiger partial charge on any atom is 0.240 e. The normalized spacial score (nSPS) is 22.1. The molecule has 6 heteroatoms. The number of amides is 2. The van der Waals surface area contributed by atoms with Crippen molar-refractivity contribution in [3.05, 3.63) is 34.9 Å². The fourth-order valence-corrected chi connectivity index (χ4v) is 2.82. The highest BCUT2D eigenvalue weighted by Crippen LogP contribution is 2.19. The molecule has 0 spiro atoms. The summed E-state index contributed by atoms with van der Waals surface area (Å²) >= 11 is 5.91. The molecule has 114 valence electrons. The maximum atomic E-state index is 12.3. The Morgan fingerprint density at radius 2 is 2.19 bits per heavy atom. The Balaban J connectivity index is 1.97. The number of hydrogen-bond donors (Lipinski definition) is 2. The summed E-state index contributed by atoms with van der Waals surface area (Å²) in [5.41, 5.74) is 6.30. The Labute approximate surface area is 128 Å². The molecule has 0 aliphatic carbocycles. The molecule has 1 aromatic rings. The zero-order valence-corrected chi connectivity index (χ0v) is 12.4. The third-order valence-electron chi connectivity index (χ3n) is 3.74. The highest BCUT2D eigenvalue weighted by Gasteiger charge is 2.33. The number of carbonyl (C=O) groups excluding carboxylic acids is 2. The van der Waals surface area contributed by atoms with Gasteiger partial charge in [0.15, 0.2) is 0 Å². The first-order chi connectivity index (χ1) is 9.97. The van der Waals surface area contributed by atoms with Crippen LogP contribution in [-0.2, 0) is 16.0 Å². The minimum atomic E-state index is -0.708. The molecule has 1 aliphatic heterocycles. The number of aliphatic hydroxyl groups excluding tert-OH is 1. The van der Waals surface area contributed by atoms with Crippen LogP contribution in [0.2, 0.25) is 5.02 Å². The van der Waals surface area contributed by atoms with E-state index in [1.54, 1.807) is 6.07 Å². The molecule has 2 unspecified atom stereocenters. The standard InChI is InChI=1S/C15H19ClN2O3/c16-11-3-1-2-10(8-11)4-5-14(20)18-7-6-12(19)9-13(18)15(17)21/h1-3,8,12-13,19H,4-7,9H2,(H2,17,21). The first-order valence-electron chi connectivity index (χ1n) is 6.98. The molecular formula is C15H19ClN2O3. The number of aryl methyl sites for hydroxylation is 1. The molecule has 1 aromatic carbocycles. The molecular weight excluding hydrogens is 292 g/mol. The number of nitrogens with zero attached hydrogens (tertiary/aromatic N) is 1. The smallest absolute Gasteiger partial charge is 0.240 e. The number of primary amides is 1. The van der Waals surface area contributed by atoms with Crippen molar-refractivity contribution in [2.75, 3.05) is 6.54 Å². The lowest BCUT2D eigenvalue weighted by atomic mass is 9.98. The van der Waals surface area contributed by atoms with Gasteiger partial charge in [-0.05, 0) is 30.5 Å². The van der Waals surface area contributed by atoms with E-state index in [2.05, 4.69) is 0 Å². The van der Waals surface area contributed by atoms with Crippen LogP contribution in [0.15, 0.2) is 24.3 Å². The molecule has 21 heavy (non-hydrogen) atoms. The van der Waals surface area contributed by atoms with Crippen LogP contribution in [0.25, 0.3) is 0 Å². The Hall–Kier alpha value is -1.59. The first kappa shape index (κ1) is 15.8. The molecule has 1 aliphatic rings. The van der Waals surface area contributed by atoms with E-state index in [1.165, 1.54) is 4.90 Å². The van der Waals surface area contributed by atoms with Crippen LogP contribution in [0.1, 0.15) is 24.8 Å². The van der Waals surface area contributed by atoms with Crippen molar-refractivity contribution in [3.8, 4) is 0 Å². The van der Waals surface area contributed by atoms with E-state index in [-0.39, 0.29) is 12.3 Å². The number of nitrogens with two attached hydrogens (primary N) is 1. The number of benzene rings is 1. The molecule has 2 amide bonds. The van der Waals surface area contributed by atoms with E-state index < -0.39 is 18.1 Å². The zero-order valence-electron chi connectivity index (χ0n) is 11.7. The van der Waals surface area contributed by atoms with Gasteiger partial charge in [0, 0.05) is 24.4 Å². The quantitative estimate of drug-likeness (QED) is 0.874. The highest BCUT2D eigenvalue weighted by atomic mass is 35.5. The van der Waals surface area contributed by atoms with Gasteiger partial charge in [-0.25, -0.2) is 0 Å². The van der Waals surface area contributed by atoms with Crippen LogP contribution in [0.3, 0.4) is 0 Å². The first-order valence-corrected chi connectivity index (χ1v) is 7.36. The minimum Gasteiger partial charge on any atom is -0.393 e. The van der Waals surface area contributed by atoms with Gasteiger partial charge in [-0.1, -0.05) is 23.7 Å². The number of likely N-dealkylation sites (tertiary alicyclic amines) is 1. The summed E-state index contributed by atoms with van der Waals surface area (Å²) in [7, 11) is 0. The molecule has 2 atom stereocenters. The molecule has 3 N–H and O–H groups in total. The van der Waals surface area contributed by atoms with Gasteiger partial charge in [0.2, 0.25) is 11.8 Å². The Morgan fingerprint density at radius 1 is 1.43 bits per heavy atom. The van der Waals surface area contributed by atoms with Crippen molar-refractivity contribution in [3.63, 3.8) is 0 Å². The van der Waals surface area contributed by atoms with E-state index in [1.807, 2.05) is 18.2 Å². The lowest BCUT2D eigenvalue weighted by Crippen LogP contribution is -2.53. The summed E-state index contributed by atoms with van der Waals surface area (Å²) in [5.74, 6) is -0.685. The fourth-order valence-electron chi connectivity index (χ4n) is 2.60. The molecule has 0 radical (unpaired) electrons. The van der Waals surface area contributed by atoms with Gasteiger partial charge in [0.25, 0.3) is 0 Å². The largest absolute Gasteiger partial charge is 0.393 e. The SMILES string of the molecule is NC(=O)C1CC(O)CCN1C(=O)CCc1cccc(Cl)c1. The lowest BCUT2D eigenvalue weighted by molar-refractivity contribution is -0.143. The summed E-state index contributed by atoms with van der Waals surface area (Å²) in [5, 5.41) is 10.2. The van der Waals surface area contributed by atoms with E-state index in [0.29, 0.717) is 30.8 Å². The van der Waals surface area contributed by atoms with Gasteiger partial charge in [-0.3, -0.25) is 9.59 Å². The van der Waals surface area contributed by atoms with Gasteiger partial charge < -0.3 is 15.7 Å². The molecule has 1 heterocycles. The number of halogens is 1. The topological polar surface area (TPSA) is 83.6 Å². The number of hydrogen-bond acceptors (Lipinski definition) is 3. The summed E-state index contributed by atoms with van der Waals surface area (Å²) in [6.07, 6.45) is 0.981. The van der Waals surface area contributed by atoms with Crippen LogP contribution in [0.4, 0.5) is 0 Å². The minimum absolute atomic E-state index is 0.120. The van der Waals surface area contributed by atoms with E-state index >= 15 is 0 Å². The average molecular weight is 311 g/mol. The monoisotopic (exact) mass is 310 g/mol. The highest BCUT2D eigenvalue weighted by molar-refractivity contribution is 6.30. The van der Waals surface area contributed by atoms with Crippen LogP contribution in [-0.4, -0.2) is 40.5 Å². The summed E-state index contributed by atoms with van der Waals surface area (Å²) in [6, 6.07) is 6.64. The van der Waals surface area contributed by atoms with Crippen LogP contribution >= 0.6 is 11.6 Å². The van der Waals surface area contributed by atoms with Gasteiger partial charge >= 0.3 is 0 Å². The van der Waals surface area contributed by atoms with E-state index in [0.717, 1.165) is 5.56 Å². The summed E-state index contributed by atoms with van der Waals surface area (Å²) < 4.78 is 0. The second-order valence-electron chi connectivity index (χ2n) is 5.31. The van der Waals surface area contributed by atoms with Crippen LogP contribution < -0.4 is 5.73 Å². The molecule has 0 bridgehead atoms. The van der Waals surface area contributed by atoms with E-state index in [4.69, 9.17) is 17.3 Å². The number of carbonyl (C=O) groups is 2. The van der Waals surface area contributed by atoms with Crippen molar-refractivity contribution < 1.29 is 14.7 Å². The second kappa shape index (κ2) is 6.91. The Bertz CT molecular complexity index is 535. The zero-order chi connectivity index (χ0) is 15.4. The number of rotatable bonds is 4. The molecule has 0 saturated carbocycles. The Kier molecular flexibility index (Phi) is 5.20. The predicted octanol–water partition coefficient (Wildman–Crippen LogP) is 1.11. The second-order valence-corrected chi connectivity index (χ2v) is 5.75. The van der Waals surface area contributed by atoms with Crippen molar-refractivity contribution in [1.29, 1.82) is 0 Å². The number of aliphatic hydroxyl groups is 1. The molecule has 2 rings (SSSR count). The van der Waals surface area contributed by atoms with Crippen molar-refractivity contribution >= 4 is 23.4 Å². The van der Waals surface area contributed by atoms with Crippen LogP contribution in [0, 0.1) is 0 Å². The van der Waals surface area contributed by atoms with Crippen molar-refractivity contribution in [1.82, 2.24) is 4.90 Å². The average Bonchev–Trinajstić information content (AvgIpc) is 2.44. The van der Waals surface area contributed by atoms with Gasteiger partial charge in [-0.2, -0.15) is 0 Å². The van der Waals surface area contributed by atoms with E-state index in [9.17, 15) is 14.7 Å². The molecule has 5 nitrogen and oxygen atoms in total. The predicted molar refractivity (Wildman–Crippen MR) is 79.7 cm³/mol. The van der Waals surface area contributed by atoms with Gasteiger partial charge in [0.05, 0.1) is 6.10 Å². The summed E-state index contributed by atoms with van der Waals surface area (Å²) in [6.45, 7) is 0.364. The maximum absolute atomic E-state index is 12.3. The van der Waals surface area contributed by atoms with Gasteiger partial charge in [0.1, 0.15) is 6.04 Å². The Morgan fingerprint density at radius 3 is 2.86 bits per heavy atom. The van der Waals surface area contributed by atoms with Crippen LogP contribution in [0.5, 0.6) is 0 Å². The lowest BCUT2D eigenvalue weighted by Gasteiger charge is -2.36. The fraction of sp³-hybridized carbons (Fsp3) is 0.467. The third-order valence-corrected chi connectivity index (χ3v) is 3.98. The summed E-state index contributed by atoms with van der Waals surface area (Å²) in [4.78, 5) is 25.2. The van der Waals surface area contributed by atoms with Crippen molar-refractivity contribution in [2.45, 2.75) is 37.8 Å². The van der Waals surface area contributed by atoms with Crippen molar-refractivity contribution in [2.24, 2.45) is 5.73 Å². The third kappa shape index (κ3) is 4.19. The molecule has 1 fully saturated rings.